The van der Waals surface area contributed by atoms with Gasteiger partial charge in [-0.25, -0.2) is 4.39 Å². The van der Waals surface area contributed by atoms with Gasteiger partial charge in [-0.2, -0.15) is 0 Å². The molecule has 1 amide bonds. The predicted octanol–water partition coefficient (Wildman–Crippen LogP) is 4.19. The molecular weight excluding hydrogens is 265 g/mol. The number of rotatable bonds is 4. The largest absolute Gasteiger partial charge is 0.348 e. The molecule has 3 heteroatoms. The minimum Gasteiger partial charge on any atom is -0.348 e. The third kappa shape index (κ3) is 3.69. The number of benzene rings is 2. The Kier molecular flexibility index (Phi) is 4.73. The smallest absolute Gasteiger partial charge is 0.254 e. The topological polar surface area (TPSA) is 29.1 Å². The molecule has 0 radical (unpaired) electrons. The average molecular weight is 285 g/mol. The standard InChI is InChI=1S/C18H20FNO/c1-12(2)15-9-7-14(8-10-15)11-20-18(21)16-6-4-5-13(3)17(16)19/h4-10,12H,11H2,1-3H3,(H,20,21). The Morgan fingerprint density at radius 3 is 2.43 bits per heavy atom. The van der Waals surface area contributed by atoms with E-state index in [1.807, 2.05) is 12.1 Å². The number of amides is 1. The van der Waals surface area contributed by atoms with Crippen molar-refractivity contribution in [2.75, 3.05) is 0 Å². The van der Waals surface area contributed by atoms with Crippen LogP contribution < -0.4 is 5.32 Å². The molecule has 0 heterocycles. The van der Waals surface area contributed by atoms with Crippen molar-refractivity contribution in [3.63, 3.8) is 0 Å². The van der Waals surface area contributed by atoms with Gasteiger partial charge in [-0.3, -0.25) is 4.79 Å². The first-order chi connectivity index (χ1) is 9.99. The van der Waals surface area contributed by atoms with Crippen LogP contribution in [0, 0.1) is 12.7 Å². The van der Waals surface area contributed by atoms with E-state index in [9.17, 15) is 9.18 Å². The molecule has 21 heavy (non-hydrogen) atoms. The second kappa shape index (κ2) is 6.53. The van der Waals surface area contributed by atoms with Crippen molar-refractivity contribution in [3.8, 4) is 0 Å². The third-order valence-electron chi connectivity index (χ3n) is 3.54. The Morgan fingerprint density at radius 2 is 1.81 bits per heavy atom. The van der Waals surface area contributed by atoms with E-state index >= 15 is 0 Å². The quantitative estimate of drug-likeness (QED) is 0.896. The van der Waals surface area contributed by atoms with E-state index in [-0.39, 0.29) is 11.5 Å². The molecule has 2 aromatic carbocycles. The van der Waals surface area contributed by atoms with Crippen LogP contribution in [0.1, 0.15) is 46.8 Å². The summed E-state index contributed by atoms with van der Waals surface area (Å²) in [5, 5.41) is 2.75. The number of carbonyl (C=O) groups is 1. The second-order valence-corrected chi connectivity index (χ2v) is 5.52. The van der Waals surface area contributed by atoms with Crippen molar-refractivity contribution in [1.82, 2.24) is 5.32 Å². The van der Waals surface area contributed by atoms with Crippen LogP contribution in [0.15, 0.2) is 42.5 Å². The molecule has 0 aliphatic rings. The van der Waals surface area contributed by atoms with Gasteiger partial charge in [0.25, 0.3) is 5.91 Å². The van der Waals surface area contributed by atoms with E-state index in [4.69, 9.17) is 0 Å². The van der Waals surface area contributed by atoms with Crippen LogP contribution in [0.4, 0.5) is 4.39 Å². The van der Waals surface area contributed by atoms with Gasteiger partial charge in [-0.05, 0) is 35.6 Å². The van der Waals surface area contributed by atoms with Gasteiger partial charge in [-0.1, -0.05) is 50.2 Å². The summed E-state index contributed by atoms with van der Waals surface area (Å²) in [5.41, 5.74) is 2.83. The summed E-state index contributed by atoms with van der Waals surface area (Å²) in [6, 6.07) is 12.9. The Balaban J connectivity index is 2.02. The van der Waals surface area contributed by atoms with Crippen LogP contribution in [-0.2, 0) is 6.54 Å². The lowest BCUT2D eigenvalue weighted by Crippen LogP contribution is -2.24. The van der Waals surface area contributed by atoms with Crippen molar-refractivity contribution >= 4 is 5.91 Å². The first-order valence-electron chi connectivity index (χ1n) is 7.11. The second-order valence-electron chi connectivity index (χ2n) is 5.52. The molecule has 0 atom stereocenters. The van der Waals surface area contributed by atoms with Gasteiger partial charge >= 0.3 is 0 Å². The molecule has 0 saturated carbocycles. The van der Waals surface area contributed by atoms with Gasteiger partial charge in [0.05, 0.1) is 5.56 Å². The highest BCUT2D eigenvalue weighted by Crippen LogP contribution is 2.15. The molecule has 110 valence electrons. The Morgan fingerprint density at radius 1 is 1.14 bits per heavy atom. The number of halogens is 1. The van der Waals surface area contributed by atoms with E-state index in [2.05, 4.69) is 31.3 Å². The molecule has 0 aliphatic carbocycles. The maximum absolute atomic E-state index is 13.9. The summed E-state index contributed by atoms with van der Waals surface area (Å²) in [7, 11) is 0. The normalized spacial score (nSPS) is 10.7. The van der Waals surface area contributed by atoms with E-state index < -0.39 is 5.82 Å². The van der Waals surface area contributed by atoms with Crippen LogP contribution >= 0.6 is 0 Å². The fraction of sp³-hybridized carbons (Fsp3) is 0.278. The molecular formula is C18H20FNO. The summed E-state index contributed by atoms with van der Waals surface area (Å²) in [6.07, 6.45) is 0. The molecule has 1 N–H and O–H groups in total. The van der Waals surface area contributed by atoms with Gasteiger partial charge in [0.1, 0.15) is 5.82 Å². The van der Waals surface area contributed by atoms with Crippen LogP contribution in [0.3, 0.4) is 0 Å². The summed E-state index contributed by atoms with van der Waals surface area (Å²) >= 11 is 0. The molecule has 2 nitrogen and oxygen atoms in total. The lowest BCUT2D eigenvalue weighted by atomic mass is 10.0. The lowest BCUT2D eigenvalue weighted by molar-refractivity contribution is 0.0946. The third-order valence-corrected chi connectivity index (χ3v) is 3.54. The number of nitrogens with one attached hydrogen (secondary N) is 1. The number of hydrogen-bond donors (Lipinski definition) is 1. The summed E-state index contributed by atoms with van der Waals surface area (Å²) < 4.78 is 13.9. The molecule has 2 aromatic rings. The monoisotopic (exact) mass is 285 g/mol. The number of aryl methyl sites for hydroxylation is 1. The zero-order valence-corrected chi connectivity index (χ0v) is 12.6. The number of hydrogen-bond acceptors (Lipinski definition) is 1. The van der Waals surface area contributed by atoms with Gasteiger partial charge in [0.2, 0.25) is 0 Å². The fourth-order valence-corrected chi connectivity index (χ4v) is 2.12. The van der Waals surface area contributed by atoms with Crippen molar-refractivity contribution in [1.29, 1.82) is 0 Å². The molecule has 0 spiro atoms. The highest BCUT2D eigenvalue weighted by atomic mass is 19.1. The van der Waals surface area contributed by atoms with Crippen molar-refractivity contribution in [2.45, 2.75) is 33.2 Å². The minimum atomic E-state index is -0.454. The van der Waals surface area contributed by atoms with Gasteiger partial charge in [0, 0.05) is 6.54 Å². The van der Waals surface area contributed by atoms with Crippen molar-refractivity contribution in [3.05, 3.63) is 70.5 Å². The Hall–Kier alpha value is -2.16. The molecule has 0 bridgehead atoms. The van der Waals surface area contributed by atoms with Crippen LogP contribution in [0.2, 0.25) is 0 Å². The Labute approximate surface area is 125 Å². The van der Waals surface area contributed by atoms with E-state index in [0.717, 1.165) is 5.56 Å². The minimum absolute atomic E-state index is 0.0915. The molecule has 0 unspecified atom stereocenters. The van der Waals surface area contributed by atoms with Gasteiger partial charge < -0.3 is 5.32 Å². The van der Waals surface area contributed by atoms with E-state index in [1.54, 1.807) is 19.1 Å². The maximum atomic E-state index is 13.9. The molecule has 0 aliphatic heterocycles. The zero-order chi connectivity index (χ0) is 15.4. The maximum Gasteiger partial charge on any atom is 0.254 e. The van der Waals surface area contributed by atoms with Crippen LogP contribution in [0.25, 0.3) is 0 Å². The summed E-state index contributed by atoms with van der Waals surface area (Å²) in [4.78, 5) is 12.0. The van der Waals surface area contributed by atoms with E-state index in [1.165, 1.54) is 11.6 Å². The first kappa shape index (κ1) is 15.2. The predicted molar refractivity (Wildman–Crippen MR) is 82.8 cm³/mol. The van der Waals surface area contributed by atoms with E-state index in [0.29, 0.717) is 18.0 Å². The first-order valence-corrected chi connectivity index (χ1v) is 7.11. The summed E-state index contributed by atoms with van der Waals surface area (Å²) in [6.45, 7) is 6.32. The lowest BCUT2D eigenvalue weighted by Gasteiger charge is -2.09. The number of carbonyl (C=O) groups excluding carboxylic acids is 1. The molecule has 0 aromatic heterocycles. The summed E-state index contributed by atoms with van der Waals surface area (Å²) in [5.74, 6) is -0.357. The highest BCUT2D eigenvalue weighted by Gasteiger charge is 2.12. The Bertz CT molecular complexity index is 632. The van der Waals surface area contributed by atoms with Gasteiger partial charge in [0.15, 0.2) is 0 Å². The van der Waals surface area contributed by atoms with Gasteiger partial charge in [-0.15, -0.1) is 0 Å². The molecule has 2 rings (SSSR count). The molecule has 0 saturated heterocycles. The van der Waals surface area contributed by atoms with Crippen LogP contribution in [0.5, 0.6) is 0 Å². The van der Waals surface area contributed by atoms with Crippen molar-refractivity contribution in [2.24, 2.45) is 0 Å². The highest BCUT2D eigenvalue weighted by molar-refractivity contribution is 5.94. The van der Waals surface area contributed by atoms with Crippen LogP contribution in [-0.4, -0.2) is 5.91 Å². The van der Waals surface area contributed by atoms with Crippen molar-refractivity contribution < 1.29 is 9.18 Å². The SMILES string of the molecule is Cc1cccc(C(=O)NCc2ccc(C(C)C)cc2)c1F. The average Bonchev–Trinajstić information content (AvgIpc) is 2.48. The zero-order valence-electron chi connectivity index (χ0n) is 12.6. The fourth-order valence-electron chi connectivity index (χ4n) is 2.12. The molecule has 0 fully saturated rings.